The molecule has 108 valence electrons. The summed E-state index contributed by atoms with van der Waals surface area (Å²) in [6.07, 6.45) is 6.37. The Morgan fingerprint density at radius 2 is 2.10 bits per heavy atom. The van der Waals surface area contributed by atoms with Crippen molar-refractivity contribution in [3.05, 3.63) is 33.3 Å². The van der Waals surface area contributed by atoms with Crippen molar-refractivity contribution < 1.29 is 9.53 Å². The largest absolute Gasteiger partial charge is 0.375 e. The summed E-state index contributed by atoms with van der Waals surface area (Å²) in [7, 11) is 0. The van der Waals surface area contributed by atoms with Crippen molar-refractivity contribution >= 4 is 33.3 Å². The lowest BCUT2D eigenvalue weighted by molar-refractivity contribution is -0.0866. The molecule has 0 aromatic heterocycles. The number of rotatable bonds is 2. The number of hydrogen-bond acceptors (Lipinski definition) is 2. The Kier molecular flexibility index (Phi) is 4.21. The van der Waals surface area contributed by atoms with Gasteiger partial charge in [0.05, 0.1) is 10.6 Å². The number of ketones is 1. The van der Waals surface area contributed by atoms with Crippen LogP contribution in [0.5, 0.6) is 0 Å². The molecule has 3 rings (SSSR count). The molecular formula is C16H18BrClO2. The van der Waals surface area contributed by atoms with Crippen molar-refractivity contribution in [3.63, 3.8) is 0 Å². The number of hydrogen-bond donors (Lipinski definition) is 0. The lowest BCUT2D eigenvalue weighted by atomic mass is 9.81. The minimum Gasteiger partial charge on any atom is -0.375 e. The van der Waals surface area contributed by atoms with Crippen molar-refractivity contribution in [2.45, 2.75) is 44.1 Å². The van der Waals surface area contributed by atoms with Crippen LogP contribution in [0.1, 0.15) is 48.9 Å². The van der Waals surface area contributed by atoms with E-state index in [4.69, 9.17) is 16.3 Å². The molecule has 2 nitrogen and oxygen atoms in total. The van der Waals surface area contributed by atoms with Crippen LogP contribution in [-0.2, 0) is 4.74 Å². The minimum atomic E-state index is -0.0161. The highest BCUT2D eigenvalue weighted by Crippen LogP contribution is 2.42. The fourth-order valence-corrected chi connectivity index (χ4v) is 3.93. The van der Waals surface area contributed by atoms with Crippen molar-refractivity contribution in [3.8, 4) is 0 Å². The molecule has 20 heavy (non-hydrogen) atoms. The lowest BCUT2D eigenvalue weighted by Gasteiger charge is -2.37. The van der Waals surface area contributed by atoms with E-state index < -0.39 is 0 Å². The van der Waals surface area contributed by atoms with Crippen LogP contribution in [0.3, 0.4) is 0 Å². The van der Waals surface area contributed by atoms with Gasteiger partial charge in [-0.25, -0.2) is 0 Å². The third-order valence-corrected chi connectivity index (χ3v) is 5.82. The van der Waals surface area contributed by atoms with Gasteiger partial charge in [-0.15, -0.1) is 0 Å². The normalized spacial score (nSPS) is 25.0. The first-order valence-corrected chi connectivity index (χ1v) is 8.40. The van der Waals surface area contributed by atoms with Crippen LogP contribution < -0.4 is 0 Å². The zero-order valence-electron chi connectivity index (χ0n) is 11.3. The average Bonchev–Trinajstić information content (AvgIpc) is 2.89. The molecule has 1 aliphatic carbocycles. The smallest absolute Gasteiger partial charge is 0.166 e. The quantitative estimate of drug-likeness (QED) is 0.694. The number of benzene rings is 1. The van der Waals surface area contributed by atoms with Crippen LogP contribution in [0.15, 0.2) is 22.7 Å². The van der Waals surface area contributed by atoms with Crippen LogP contribution in [0.4, 0.5) is 0 Å². The third kappa shape index (κ3) is 2.81. The fourth-order valence-electron chi connectivity index (χ4n) is 3.50. The summed E-state index contributed by atoms with van der Waals surface area (Å²) in [5, 5.41) is 0.596. The SMILES string of the molecule is O=C(c1ccc(Br)c(Cl)c1)C1CCOC2(CCCC2)C1. The predicted molar refractivity (Wildman–Crippen MR) is 83.4 cm³/mol. The van der Waals surface area contributed by atoms with Gasteiger partial charge in [-0.05, 0) is 53.7 Å². The van der Waals surface area contributed by atoms with Crippen molar-refractivity contribution in [2.24, 2.45) is 5.92 Å². The highest BCUT2D eigenvalue weighted by Gasteiger charge is 2.41. The molecule has 0 amide bonds. The summed E-state index contributed by atoms with van der Waals surface area (Å²) in [5.41, 5.74) is 0.704. The van der Waals surface area contributed by atoms with Crippen molar-refractivity contribution in [2.75, 3.05) is 6.61 Å². The van der Waals surface area contributed by atoms with E-state index in [1.807, 2.05) is 12.1 Å². The molecule has 1 aromatic carbocycles. The zero-order chi connectivity index (χ0) is 14.2. The predicted octanol–water partition coefficient (Wildman–Crippen LogP) is 5.02. The van der Waals surface area contributed by atoms with E-state index in [0.717, 1.165) is 35.7 Å². The lowest BCUT2D eigenvalue weighted by Crippen LogP contribution is -2.39. The Labute approximate surface area is 133 Å². The number of ether oxygens (including phenoxy) is 1. The molecule has 1 saturated heterocycles. The maximum atomic E-state index is 12.7. The second-order valence-corrected chi connectivity index (χ2v) is 7.18. The summed E-state index contributed by atoms with van der Waals surface area (Å²) in [6.45, 7) is 0.709. The summed E-state index contributed by atoms with van der Waals surface area (Å²) in [4.78, 5) is 12.7. The maximum Gasteiger partial charge on any atom is 0.166 e. The number of Topliss-reactive ketones (excluding diaryl/α,β-unsaturated/α-hetero) is 1. The Morgan fingerprint density at radius 3 is 2.80 bits per heavy atom. The monoisotopic (exact) mass is 356 g/mol. The number of halogens is 2. The van der Waals surface area contributed by atoms with E-state index in [0.29, 0.717) is 11.6 Å². The molecule has 1 atom stereocenters. The number of carbonyl (C=O) groups excluding carboxylic acids is 1. The van der Waals surface area contributed by atoms with E-state index in [-0.39, 0.29) is 17.3 Å². The molecule has 4 heteroatoms. The van der Waals surface area contributed by atoms with Gasteiger partial charge in [-0.3, -0.25) is 4.79 Å². The van der Waals surface area contributed by atoms with Gasteiger partial charge in [0.15, 0.2) is 5.78 Å². The molecule has 0 bridgehead atoms. The molecule has 2 aliphatic rings. The second-order valence-electron chi connectivity index (χ2n) is 5.92. The molecule has 1 spiro atoms. The first-order valence-electron chi connectivity index (χ1n) is 7.23. The summed E-state index contributed by atoms with van der Waals surface area (Å²) in [6, 6.07) is 5.47. The zero-order valence-corrected chi connectivity index (χ0v) is 13.7. The van der Waals surface area contributed by atoms with Gasteiger partial charge in [0, 0.05) is 22.6 Å². The van der Waals surface area contributed by atoms with E-state index in [1.165, 1.54) is 12.8 Å². The highest BCUT2D eigenvalue weighted by molar-refractivity contribution is 9.10. The van der Waals surface area contributed by atoms with Crippen molar-refractivity contribution in [1.29, 1.82) is 0 Å². The maximum absolute atomic E-state index is 12.7. The summed E-state index contributed by atoms with van der Waals surface area (Å²) in [5.74, 6) is 0.299. The number of carbonyl (C=O) groups is 1. The minimum absolute atomic E-state index is 0.0161. The molecule has 1 heterocycles. The van der Waals surface area contributed by atoms with Gasteiger partial charge in [-0.1, -0.05) is 30.5 Å². The van der Waals surface area contributed by atoms with Crippen LogP contribution in [0.25, 0.3) is 0 Å². The topological polar surface area (TPSA) is 26.3 Å². The Balaban J connectivity index is 1.77. The average molecular weight is 358 g/mol. The first-order chi connectivity index (χ1) is 9.60. The standard InChI is InChI=1S/C16H18BrClO2/c17-13-4-3-11(9-14(13)18)15(19)12-5-8-20-16(10-12)6-1-2-7-16/h3-4,9,12H,1-2,5-8,10H2. The summed E-state index contributed by atoms with van der Waals surface area (Å²) < 4.78 is 6.83. The molecular weight excluding hydrogens is 340 g/mol. The van der Waals surface area contributed by atoms with Gasteiger partial charge in [0.1, 0.15) is 0 Å². The first kappa shape index (κ1) is 14.6. The molecule has 1 aromatic rings. The van der Waals surface area contributed by atoms with Gasteiger partial charge >= 0.3 is 0 Å². The van der Waals surface area contributed by atoms with Crippen LogP contribution in [0.2, 0.25) is 5.02 Å². The highest BCUT2D eigenvalue weighted by atomic mass is 79.9. The van der Waals surface area contributed by atoms with Gasteiger partial charge in [-0.2, -0.15) is 0 Å². The Bertz CT molecular complexity index is 523. The van der Waals surface area contributed by atoms with E-state index >= 15 is 0 Å². The third-order valence-electron chi connectivity index (χ3n) is 4.58. The van der Waals surface area contributed by atoms with Crippen LogP contribution in [0, 0.1) is 5.92 Å². The molecule has 1 unspecified atom stereocenters. The van der Waals surface area contributed by atoms with E-state index in [9.17, 15) is 4.79 Å². The fraction of sp³-hybridized carbons (Fsp3) is 0.562. The molecule has 0 N–H and O–H groups in total. The van der Waals surface area contributed by atoms with E-state index in [2.05, 4.69) is 15.9 Å². The second kappa shape index (κ2) is 5.78. The van der Waals surface area contributed by atoms with Gasteiger partial charge < -0.3 is 4.74 Å². The van der Waals surface area contributed by atoms with Gasteiger partial charge in [0.2, 0.25) is 0 Å². The van der Waals surface area contributed by atoms with Crippen LogP contribution >= 0.6 is 27.5 Å². The molecule has 0 radical (unpaired) electrons. The molecule has 1 aliphatic heterocycles. The van der Waals surface area contributed by atoms with Crippen molar-refractivity contribution in [1.82, 2.24) is 0 Å². The Morgan fingerprint density at radius 1 is 1.35 bits per heavy atom. The molecule has 1 saturated carbocycles. The van der Waals surface area contributed by atoms with Crippen LogP contribution in [-0.4, -0.2) is 18.0 Å². The molecule has 2 fully saturated rings. The summed E-state index contributed by atoms with van der Waals surface area (Å²) >= 11 is 9.45. The Hall–Kier alpha value is -0.380. The van der Waals surface area contributed by atoms with E-state index in [1.54, 1.807) is 6.07 Å². The van der Waals surface area contributed by atoms with Gasteiger partial charge in [0.25, 0.3) is 0 Å².